The lowest BCUT2D eigenvalue weighted by Crippen LogP contribution is -2.20. The molecule has 0 fully saturated rings. The highest BCUT2D eigenvalue weighted by Gasteiger charge is 2.36. The van der Waals surface area contributed by atoms with E-state index in [-0.39, 0.29) is 11.9 Å². The van der Waals surface area contributed by atoms with Crippen molar-refractivity contribution in [3.8, 4) is 17.2 Å². The van der Waals surface area contributed by atoms with E-state index in [1.807, 2.05) is 24.3 Å². The predicted molar refractivity (Wildman–Crippen MR) is 84.5 cm³/mol. The van der Waals surface area contributed by atoms with Crippen LogP contribution in [-0.2, 0) is 0 Å². The van der Waals surface area contributed by atoms with E-state index in [4.69, 9.17) is 9.47 Å². The Bertz CT molecular complexity index is 731. The maximum Gasteiger partial charge on any atom is 0.145 e. The van der Waals surface area contributed by atoms with E-state index in [9.17, 15) is 5.11 Å². The second kappa shape index (κ2) is 5.09. The summed E-state index contributed by atoms with van der Waals surface area (Å²) >= 11 is 0. The predicted octanol–water partition coefficient (Wildman–Crippen LogP) is 4.34. The molecule has 0 aromatic heterocycles. The minimum absolute atomic E-state index is 0.0611. The molecule has 2 aromatic carbocycles. The van der Waals surface area contributed by atoms with Crippen molar-refractivity contribution in [3.05, 3.63) is 65.2 Å². The molecule has 1 aliphatic carbocycles. The van der Waals surface area contributed by atoms with Crippen LogP contribution >= 0.6 is 0 Å². The van der Waals surface area contributed by atoms with Gasteiger partial charge in [-0.2, -0.15) is 0 Å². The Balaban J connectivity index is 1.78. The smallest absolute Gasteiger partial charge is 0.145 e. The normalized spacial score (nSPS) is 22.3. The second-order valence-corrected chi connectivity index (χ2v) is 5.83. The van der Waals surface area contributed by atoms with Crippen LogP contribution in [0.2, 0.25) is 0 Å². The van der Waals surface area contributed by atoms with Crippen LogP contribution in [-0.4, -0.2) is 12.2 Å². The molecule has 2 atom stereocenters. The van der Waals surface area contributed by atoms with E-state index in [1.165, 1.54) is 11.1 Å². The molecule has 2 aromatic rings. The van der Waals surface area contributed by atoms with Gasteiger partial charge in [-0.05, 0) is 54.3 Å². The van der Waals surface area contributed by atoms with Gasteiger partial charge in [0.2, 0.25) is 0 Å². The van der Waals surface area contributed by atoms with Gasteiger partial charge in [0.15, 0.2) is 0 Å². The number of fused-ring (bicyclic) bond motifs is 3. The fourth-order valence-corrected chi connectivity index (χ4v) is 3.49. The molecule has 0 saturated heterocycles. The Morgan fingerprint density at radius 2 is 1.95 bits per heavy atom. The first-order valence-electron chi connectivity index (χ1n) is 7.60. The number of allylic oxidation sites excluding steroid dienone is 1. The molecule has 0 unspecified atom stereocenters. The molecular weight excluding hydrogens is 276 g/mol. The highest BCUT2D eigenvalue weighted by Crippen LogP contribution is 2.51. The molecule has 4 rings (SSSR count). The highest BCUT2D eigenvalue weighted by atomic mass is 16.5. The van der Waals surface area contributed by atoms with Gasteiger partial charge < -0.3 is 14.6 Å². The zero-order chi connectivity index (χ0) is 15.1. The molecule has 0 radical (unpaired) electrons. The van der Waals surface area contributed by atoms with Gasteiger partial charge in [0.05, 0.1) is 7.11 Å². The zero-order valence-electron chi connectivity index (χ0n) is 12.5. The van der Waals surface area contributed by atoms with Crippen molar-refractivity contribution in [1.82, 2.24) is 0 Å². The average molecular weight is 294 g/mol. The molecule has 112 valence electrons. The number of benzene rings is 2. The van der Waals surface area contributed by atoms with Crippen molar-refractivity contribution >= 4 is 0 Å². The summed E-state index contributed by atoms with van der Waals surface area (Å²) in [6, 6.07) is 13.3. The van der Waals surface area contributed by atoms with E-state index in [0.717, 1.165) is 29.9 Å². The molecule has 22 heavy (non-hydrogen) atoms. The largest absolute Gasteiger partial charge is 0.508 e. The van der Waals surface area contributed by atoms with Crippen LogP contribution in [0.15, 0.2) is 54.1 Å². The fraction of sp³-hybridized carbons (Fsp3) is 0.263. The summed E-state index contributed by atoms with van der Waals surface area (Å²) in [5.41, 5.74) is 3.63. The van der Waals surface area contributed by atoms with Gasteiger partial charge in [0, 0.05) is 11.5 Å². The Morgan fingerprint density at radius 3 is 2.73 bits per heavy atom. The minimum atomic E-state index is -0.0611. The standard InChI is InChI=1S/C19H18O3/c1-21-14-9-10-18-17(11-14)15-3-2-4-16(15)19(22-18)12-5-7-13(20)8-6-12/h4-11,15,19-20H,2-3H2,1H3/t15-,19+/m0/s1. The molecule has 0 spiro atoms. The molecule has 2 aliphatic rings. The fourth-order valence-electron chi connectivity index (χ4n) is 3.49. The lowest BCUT2D eigenvalue weighted by atomic mass is 9.84. The third-order valence-corrected chi connectivity index (χ3v) is 4.57. The lowest BCUT2D eigenvalue weighted by molar-refractivity contribution is 0.216. The number of hydrogen-bond donors (Lipinski definition) is 1. The number of aromatic hydroxyl groups is 1. The number of phenols is 1. The molecule has 1 N–H and O–H groups in total. The topological polar surface area (TPSA) is 38.7 Å². The van der Waals surface area contributed by atoms with Crippen LogP contribution in [0.1, 0.15) is 36.0 Å². The number of ether oxygens (including phenoxy) is 2. The first kappa shape index (κ1) is 13.3. The molecule has 0 bridgehead atoms. The van der Waals surface area contributed by atoms with Gasteiger partial charge in [0.25, 0.3) is 0 Å². The Kier molecular flexibility index (Phi) is 3.07. The summed E-state index contributed by atoms with van der Waals surface area (Å²) in [7, 11) is 1.69. The third-order valence-electron chi connectivity index (χ3n) is 4.57. The van der Waals surface area contributed by atoms with Crippen LogP contribution in [0.3, 0.4) is 0 Å². The van der Waals surface area contributed by atoms with Crippen LogP contribution < -0.4 is 9.47 Å². The summed E-state index contributed by atoms with van der Waals surface area (Å²) in [6.45, 7) is 0. The van der Waals surface area contributed by atoms with Crippen molar-refractivity contribution in [2.24, 2.45) is 0 Å². The maximum atomic E-state index is 9.49. The number of hydrogen-bond acceptors (Lipinski definition) is 3. The van der Waals surface area contributed by atoms with Crippen molar-refractivity contribution in [2.75, 3.05) is 7.11 Å². The van der Waals surface area contributed by atoms with Crippen LogP contribution in [0, 0.1) is 0 Å². The molecular formula is C19H18O3. The van der Waals surface area contributed by atoms with Gasteiger partial charge in [-0.1, -0.05) is 18.2 Å². The summed E-state index contributed by atoms with van der Waals surface area (Å²) in [5, 5.41) is 9.49. The first-order valence-corrected chi connectivity index (χ1v) is 7.60. The monoisotopic (exact) mass is 294 g/mol. The molecule has 0 amide bonds. The minimum Gasteiger partial charge on any atom is -0.508 e. The molecule has 1 heterocycles. The Labute approximate surface area is 129 Å². The Hall–Kier alpha value is -2.42. The van der Waals surface area contributed by atoms with Crippen LogP contribution in [0.5, 0.6) is 17.2 Å². The second-order valence-electron chi connectivity index (χ2n) is 5.83. The summed E-state index contributed by atoms with van der Waals surface area (Å²) in [4.78, 5) is 0. The molecule has 3 nitrogen and oxygen atoms in total. The molecule has 0 saturated carbocycles. The van der Waals surface area contributed by atoms with Gasteiger partial charge in [-0.3, -0.25) is 0 Å². The van der Waals surface area contributed by atoms with E-state index >= 15 is 0 Å². The lowest BCUT2D eigenvalue weighted by Gasteiger charge is -2.33. The number of phenolic OH excluding ortho intramolecular Hbond substituents is 1. The summed E-state index contributed by atoms with van der Waals surface area (Å²) in [6.07, 6.45) is 4.43. The van der Waals surface area contributed by atoms with Gasteiger partial charge in [-0.15, -0.1) is 0 Å². The van der Waals surface area contributed by atoms with Crippen molar-refractivity contribution in [1.29, 1.82) is 0 Å². The van der Waals surface area contributed by atoms with E-state index < -0.39 is 0 Å². The van der Waals surface area contributed by atoms with Crippen molar-refractivity contribution < 1.29 is 14.6 Å². The first-order chi connectivity index (χ1) is 10.8. The zero-order valence-corrected chi connectivity index (χ0v) is 12.5. The van der Waals surface area contributed by atoms with Gasteiger partial charge >= 0.3 is 0 Å². The SMILES string of the molecule is COc1ccc2c(c1)[C@H]1CCC=C1[C@@H](c1ccc(O)cc1)O2. The summed E-state index contributed by atoms with van der Waals surface area (Å²) in [5.74, 6) is 2.49. The van der Waals surface area contributed by atoms with Crippen LogP contribution in [0.25, 0.3) is 0 Å². The number of rotatable bonds is 2. The average Bonchev–Trinajstić information content (AvgIpc) is 3.04. The van der Waals surface area contributed by atoms with E-state index in [1.54, 1.807) is 19.2 Å². The maximum absolute atomic E-state index is 9.49. The highest BCUT2D eigenvalue weighted by molar-refractivity contribution is 5.52. The van der Waals surface area contributed by atoms with Crippen LogP contribution in [0.4, 0.5) is 0 Å². The molecule has 1 aliphatic heterocycles. The van der Waals surface area contributed by atoms with Gasteiger partial charge in [0.1, 0.15) is 23.4 Å². The van der Waals surface area contributed by atoms with E-state index in [2.05, 4.69) is 12.1 Å². The molecule has 3 heteroatoms. The van der Waals surface area contributed by atoms with Crippen molar-refractivity contribution in [3.63, 3.8) is 0 Å². The quantitative estimate of drug-likeness (QED) is 0.837. The van der Waals surface area contributed by atoms with E-state index in [0.29, 0.717) is 5.92 Å². The Morgan fingerprint density at radius 1 is 1.14 bits per heavy atom. The van der Waals surface area contributed by atoms with Gasteiger partial charge in [-0.25, -0.2) is 0 Å². The number of methoxy groups -OCH3 is 1. The van der Waals surface area contributed by atoms with Crippen molar-refractivity contribution in [2.45, 2.75) is 24.9 Å². The third kappa shape index (κ3) is 2.05. The summed E-state index contributed by atoms with van der Waals surface area (Å²) < 4.78 is 11.6.